The molecule has 4 rings (SSSR count). The largest absolute Gasteiger partial charge is 0.445 e. The SMILES string of the molecule is Cc1cc(C2CCCN2C(=O)OCc2ccccc2)nc(-n2ccnc2)n1. The number of aromatic nitrogens is 4. The summed E-state index contributed by atoms with van der Waals surface area (Å²) in [7, 11) is 0. The first-order valence-electron chi connectivity index (χ1n) is 9.02. The Labute approximate surface area is 157 Å². The molecule has 1 saturated heterocycles. The van der Waals surface area contributed by atoms with Crippen molar-refractivity contribution in [3.05, 3.63) is 72.1 Å². The van der Waals surface area contributed by atoms with E-state index in [1.165, 1.54) is 0 Å². The molecule has 0 radical (unpaired) electrons. The molecule has 1 amide bonds. The van der Waals surface area contributed by atoms with Crippen molar-refractivity contribution in [2.75, 3.05) is 6.54 Å². The fourth-order valence-corrected chi connectivity index (χ4v) is 3.34. The number of benzene rings is 1. The van der Waals surface area contributed by atoms with Crippen LogP contribution in [-0.2, 0) is 11.3 Å². The van der Waals surface area contributed by atoms with Crippen molar-refractivity contribution in [2.45, 2.75) is 32.4 Å². The highest BCUT2D eigenvalue weighted by Gasteiger charge is 2.32. The van der Waals surface area contributed by atoms with E-state index in [1.807, 2.05) is 43.3 Å². The lowest BCUT2D eigenvalue weighted by atomic mass is 10.1. The Bertz CT molecular complexity index is 911. The van der Waals surface area contributed by atoms with Gasteiger partial charge in [0.25, 0.3) is 0 Å². The standard InChI is InChI=1S/C20H21N5O2/c1-15-12-17(23-19(22-15)24-11-9-21-14-24)18-8-5-10-25(18)20(26)27-13-16-6-3-2-4-7-16/h2-4,6-7,9,11-12,14,18H,5,8,10,13H2,1H3. The molecule has 3 heterocycles. The number of amides is 1. The van der Waals surface area contributed by atoms with Gasteiger partial charge in [-0.05, 0) is 31.4 Å². The number of imidazole rings is 1. The van der Waals surface area contributed by atoms with Gasteiger partial charge < -0.3 is 4.74 Å². The molecule has 0 bridgehead atoms. The zero-order chi connectivity index (χ0) is 18.6. The monoisotopic (exact) mass is 363 g/mol. The van der Waals surface area contributed by atoms with Gasteiger partial charge >= 0.3 is 6.09 Å². The van der Waals surface area contributed by atoms with Gasteiger partial charge in [-0.15, -0.1) is 0 Å². The summed E-state index contributed by atoms with van der Waals surface area (Å²) in [5, 5.41) is 0. The number of ether oxygens (including phenoxy) is 1. The van der Waals surface area contributed by atoms with Crippen molar-refractivity contribution in [1.29, 1.82) is 0 Å². The van der Waals surface area contributed by atoms with Crippen LogP contribution in [0.3, 0.4) is 0 Å². The van der Waals surface area contributed by atoms with Gasteiger partial charge in [-0.1, -0.05) is 30.3 Å². The predicted molar refractivity (Wildman–Crippen MR) is 99.2 cm³/mol. The highest BCUT2D eigenvalue weighted by Crippen LogP contribution is 2.32. The molecule has 138 valence electrons. The summed E-state index contributed by atoms with van der Waals surface area (Å²) in [5.74, 6) is 0.562. The Morgan fingerprint density at radius 3 is 2.89 bits per heavy atom. The maximum atomic E-state index is 12.6. The molecule has 0 saturated carbocycles. The van der Waals surface area contributed by atoms with Crippen molar-refractivity contribution >= 4 is 6.09 Å². The second kappa shape index (κ2) is 7.57. The van der Waals surface area contributed by atoms with Gasteiger partial charge in [0.15, 0.2) is 0 Å². The minimum absolute atomic E-state index is 0.0998. The van der Waals surface area contributed by atoms with Gasteiger partial charge in [0, 0.05) is 24.6 Å². The molecular formula is C20H21N5O2. The second-order valence-electron chi connectivity index (χ2n) is 6.60. The lowest BCUT2D eigenvalue weighted by Crippen LogP contribution is -2.31. The highest BCUT2D eigenvalue weighted by molar-refractivity contribution is 5.68. The summed E-state index contributed by atoms with van der Waals surface area (Å²) in [5.41, 5.74) is 2.66. The molecule has 7 heteroatoms. The van der Waals surface area contributed by atoms with Crippen LogP contribution in [0.1, 0.15) is 35.8 Å². The van der Waals surface area contributed by atoms with Gasteiger partial charge in [-0.25, -0.2) is 19.7 Å². The van der Waals surface area contributed by atoms with E-state index in [0.717, 1.165) is 29.8 Å². The van der Waals surface area contributed by atoms with Crippen LogP contribution in [0.4, 0.5) is 4.79 Å². The number of hydrogen-bond acceptors (Lipinski definition) is 5. The summed E-state index contributed by atoms with van der Waals surface area (Å²) < 4.78 is 7.29. The van der Waals surface area contributed by atoms with Gasteiger partial charge in [-0.2, -0.15) is 0 Å². The molecule has 1 unspecified atom stereocenters. The first-order valence-corrected chi connectivity index (χ1v) is 9.02. The number of rotatable bonds is 4. The normalized spacial score (nSPS) is 16.5. The lowest BCUT2D eigenvalue weighted by molar-refractivity contribution is 0.0914. The first-order chi connectivity index (χ1) is 13.2. The van der Waals surface area contributed by atoms with Crippen molar-refractivity contribution in [3.8, 4) is 5.95 Å². The fraction of sp³-hybridized carbons (Fsp3) is 0.300. The van der Waals surface area contributed by atoms with E-state index in [0.29, 0.717) is 12.5 Å². The molecule has 0 aliphatic carbocycles. The molecule has 2 aromatic heterocycles. The van der Waals surface area contributed by atoms with Crippen LogP contribution >= 0.6 is 0 Å². The lowest BCUT2D eigenvalue weighted by Gasteiger charge is -2.24. The Kier molecular flexibility index (Phi) is 4.82. The van der Waals surface area contributed by atoms with Crippen LogP contribution in [0, 0.1) is 6.92 Å². The fourth-order valence-electron chi connectivity index (χ4n) is 3.34. The molecule has 1 aliphatic heterocycles. The Morgan fingerprint density at radius 1 is 1.26 bits per heavy atom. The third-order valence-electron chi connectivity index (χ3n) is 4.63. The molecule has 3 aromatic rings. The molecular weight excluding hydrogens is 342 g/mol. The molecule has 0 spiro atoms. The van der Waals surface area contributed by atoms with Gasteiger partial charge in [0.2, 0.25) is 5.95 Å². The number of likely N-dealkylation sites (tertiary alicyclic amines) is 1. The van der Waals surface area contributed by atoms with Gasteiger partial charge in [0.05, 0.1) is 11.7 Å². The average molecular weight is 363 g/mol. The molecule has 27 heavy (non-hydrogen) atoms. The van der Waals surface area contributed by atoms with E-state index in [2.05, 4.69) is 15.0 Å². The predicted octanol–water partition coefficient (Wildman–Crippen LogP) is 3.44. The van der Waals surface area contributed by atoms with Crippen LogP contribution in [0.2, 0.25) is 0 Å². The van der Waals surface area contributed by atoms with E-state index < -0.39 is 0 Å². The summed E-state index contributed by atoms with van der Waals surface area (Å²) in [4.78, 5) is 27.6. The zero-order valence-corrected chi connectivity index (χ0v) is 15.2. The summed E-state index contributed by atoms with van der Waals surface area (Å²) in [6.45, 7) is 2.87. The minimum atomic E-state index is -0.304. The quantitative estimate of drug-likeness (QED) is 0.710. The zero-order valence-electron chi connectivity index (χ0n) is 15.2. The first kappa shape index (κ1) is 17.2. The van der Waals surface area contributed by atoms with Crippen LogP contribution in [0.15, 0.2) is 55.1 Å². The van der Waals surface area contributed by atoms with Crippen molar-refractivity contribution in [1.82, 2.24) is 24.4 Å². The number of hydrogen-bond donors (Lipinski definition) is 0. The maximum absolute atomic E-state index is 12.6. The van der Waals surface area contributed by atoms with E-state index >= 15 is 0 Å². The average Bonchev–Trinajstić information content (AvgIpc) is 3.38. The molecule has 1 fully saturated rings. The highest BCUT2D eigenvalue weighted by atomic mass is 16.6. The van der Waals surface area contributed by atoms with E-state index in [9.17, 15) is 4.79 Å². The molecule has 1 atom stereocenters. The third-order valence-corrected chi connectivity index (χ3v) is 4.63. The van der Waals surface area contributed by atoms with E-state index in [1.54, 1.807) is 28.2 Å². The van der Waals surface area contributed by atoms with Crippen molar-refractivity contribution in [2.24, 2.45) is 0 Å². The van der Waals surface area contributed by atoms with Crippen molar-refractivity contribution in [3.63, 3.8) is 0 Å². The van der Waals surface area contributed by atoms with Crippen LogP contribution in [-0.4, -0.2) is 37.1 Å². The number of nitrogens with zero attached hydrogens (tertiary/aromatic N) is 5. The smallest absolute Gasteiger partial charge is 0.410 e. The Morgan fingerprint density at radius 2 is 2.11 bits per heavy atom. The second-order valence-corrected chi connectivity index (χ2v) is 6.60. The van der Waals surface area contributed by atoms with E-state index in [4.69, 9.17) is 4.74 Å². The summed E-state index contributed by atoms with van der Waals surface area (Å²) in [6, 6.07) is 11.5. The molecule has 1 aromatic carbocycles. The van der Waals surface area contributed by atoms with Crippen LogP contribution in [0.5, 0.6) is 0 Å². The molecule has 1 aliphatic rings. The van der Waals surface area contributed by atoms with Gasteiger partial charge in [0.1, 0.15) is 12.9 Å². The van der Waals surface area contributed by atoms with Gasteiger partial charge in [-0.3, -0.25) is 9.47 Å². The topological polar surface area (TPSA) is 73.1 Å². The molecule has 0 N–H and O–H groups in total. The number of carbonyl (C=O) groups excluding carboxylic acids is 1. The van der Waals surface area contributed by atoms with Crippen LogP contribution < -0.4 is 0 Å². The third kappa shape index (κ3) is 3.81. The van der Waals surface area contributed by atoms with Crippen molar-refractivity contribution < 1.29 is 9.53 Å². The minimum Gasteiger partial charge on any atom is -0.445 e. The summed E-state index contributed by atoms with van der Waals surface area (Å²) in [6.07, 6.45) is 6.64. The van der Waals surface area contributed by atoms with Crippen LogP contribution in [0.25, 0.3) is 5.95 Å². The Balaban J connectivity index is 1.52. The van der Waals surface area contributed by atoms with E-state index in [-0.39, 0.29) is 18.7 Å². The maximum Gasteiger partial charge on any atom is 0.410 e. The number of carbonyl (C=O) groups is 1. The summed E-state index contributed by atoms with van der Waals surface area (Å²) >= 11 is 0. The number of aryl methyl sites for hydroxylation is 1. The molecule has 7 nitrogen and oxygen atoms in total. The Hall–Kier alpha value is -3.22.